The molecule has 1 N–H and O–H groups in total. The van der Waals surface area contributed by atoms with Crippen molar-refractivity contribution in [3.05, 3.63) is 78.4 Å². The van der Waals surface area contributed by atoms with Crippen LogP contribution in [0.3, 0.4) is 0 Å². The SMILES string of the molecule is C=CC[C@](Cc1ccccc1)(C(=O)OCCc1ccccc1O)N(COC)C(=O)OC(C)(C)C. The molecule has 0 spiro atoms. The summed E-state index contributed by atoms with van der Waals surface area (Å²) in [5.74, 6) is -0.468. The number of methoxy groups -OCH3 is 1. The van der Waals surface area contributed by atoms with Gasteiger partial charge in [-0.15, -0.1) is 6.58 Å². The normalized spacial score (nSPS) is 12.9. The zero-order chi connectivity index (χ0) is 25.2. The van der Waals surface area contributed by atoms with Crippen molar-refractivity contribution < 1.29 is 28.9 Å². The van der Waals surface area contributed by atoms with Gasteiger partial charge in [-0.25, -0.2) is 9.59 Å². The molecule has 7 nitrogen and oxygen atoms in total. The van der Waals surface area contributed by atoms with E-state index in [0.717, 1.165) is 5.56 Å². The molecule has 1 atom stereocenters. The number of carbonyl (C=O) groups is 2. The second-order valence-electron chi connectivity index (χ2n) is 9.03. The lowest BCUT2D eigenvalue weighted by molar-refractivity contribution is -0.161. The predicted octanol–water partition coefficient (Wildman–Crippen LogP) is 4.88. The van der Waals surface area contributed by atoms with Crippen molar-refractivity contribution in [1.82, 2.24) is 4.90 Å². The van der Waals surface area contributed by atoms with Gasteiger partial charge in [0.05, 0.1) is 6.61 Å². The summed E-state index contributed by atoms with van der Waals surface area (Å²) in [7, 11) is 1.45. The fourth-order valence-electron chi connectivity index (χ4n) is 3.62. The predicted molar refractivity (Wildman–Crippen MR) is 130 cm³/mol. The minimum atomic E-state index is -1.44. The van der Waals surface area contributed by atoms with Gasteiger partial charge in [-0.3, -0.25) is 4.90 Å². The summed E-state index contributed by atoms with van der Waals surface area (Å²) >= 11 is 0. The summed E-state index contributed by atoms with van der Waals surface area (Å²) < 4.78 is 16.6. The monoisotopic (exact) mass is 469 g/mol. The summed E-state index contributed by atoms with van der Waals surface area (Å²) in [6.07, 6.45) is 1.52. The molecule has 0 heterocycles. The number of phenolic OH excluding ortho intramolecular Hbond substituents is 1. The van der Waals surface area contributed by atoms with Crippen molar-refractivity contribution in [3.8, 4) is 5.75 Å². The first-order chi connectivity index (χ1) is 16.1. The first kappa shape index (κ1) is 26.9. The minimum absolute atomic E-state index is 0.0270. The second kappa shape index (κ2) is 12.2. The Labute approximate surface area is 201 Å². The topological polar surface area (TPSA) is 85.3 Å². The lowest BCUT2D eigenvalue weighted by Gasteiger charge is -2.41. The molecule has 0 saturated carbocycles. The summed E-state index contributed by atoms with van der Waals surface area (Å²) in [5.41, 5.74) is -0.717. The molecule has 0 aliphatic carbocycles. The first-order valence-electron chi connectivity index (χ1n) is 11.2. The molecule has 2 rings (SSSR count). The van der Waals surface area contributed by atoms with E-state index < -0.39 is 23.2 Å². The number of hydrogen-bond acceptors (Lipinski definition) is 6. The summed E-state index contributed by atoms with van der Waals surface area (Å²) in [6.45, 7) is 8.95. The van der Waals surface area contributed by atoms with Crippen LogP contribution in [0.2, 0.25) is 0 Å². The van der Waals surface area contributed by atoms with Gasteiger partial charge >= 0.3 is 12.1 Å². The third-order valence-electron chi connectivity index (χ3n) is 5.19. The van der Waals surface area contributed by atoms with E-state index in [4.69, 9.17) is 14.2 Å². The standard InChI is InChI=1S/C27H35NO6/c1-6-17-27(19-21-12-8-7-9-13-21,28(20-32-5)25(31)34-26(2,3)4)24(30)33-18-16-22-14-10-11-15-23(22)29/h6-15,29H,1,16-20H2,2-5H3/t27-/m0/s1. The van der Waals surface area contributed by atoms with Gasteiger partial charge in [-0.05, 0) is 44.4 Å². The molecular weight excluding hydrogens is 434 g/mol. The van der Waals surface area contributed by atoms with Crippen molar-refractivity contribution in [3.63, 3.8) is 0 Å². The van der Waals surface area contributed by atoms with Crippen molar-refractivity contribution in [2.24, 2.45) is 0 Å². The Hall–Kier alpha value is -3.32. The van der Waals surface area contributed by atoms with Crippen LogP contribution in [0.1, 0.15) is 38.3 Å². The van der Waals surface area contributed by atoms with E-state index in [9.17, 15) is 14.7 Å². The third-order valence-corrected chi connectivity index (χ3v) is 5.19. The largest absolute Gasteiger partial charge is 0.508 e. The number of carbonyl (C=O) groups excluding carboxylic acids is 2. The van der Waals surface area contributed by atoms with Crippen LogP contribution in [0.4, 0.5) is 4.79 Å². The number of para-hydroxylation sites is 1. The van der Waals surface area contributed by atoms with Crippen LogP contribution in [0.25, 0.3) is 0 Å². The van der Waals surface area contributed by atoms with Gasteiger partial charge in [-0.2, -0.15) is 0 Å². The number of amides is 1. The van der Waals surface area contributed by atoms with Crippen LogP contribution in [0.15, 0.2) is 67.3 Å². The van der Waals surface area contributed by atoms with Crippen LogP contribution in [-0.4, -0.2) is 53.7 Å². The fraction of sp³-hybridized carbons (Fsp3) is 0.407. The van der Waals surface area contributed by atoms with Gasteiger partial charge in [-0.1, -0.05) is 54.6 Å². The van der Waals surface area contributed by atoms with E-state index in [1.807, 2.05) is 30.3 Å². The molecular formula is C27H35NO6. The van der Waals surface area contributed by atoms with Crippen LogP contribution >= 0.6 is 0 Å². The third kappa shape index (κ3) is 7.35. The lowest BCUT2D eigenvalue weighted by Crippen LogP contribution is -2.60. The van der Waals surface area contributed by atoms with Gasteiger partial charge in [0.25, 0.3) is 0 Å². The quantitative estimate of drug-likeness (QED) is 0.287. The van der Waals surface area contributed by atoms with Crippen LogP contribution in [0.5, 0.6) is 5.75 Å². The maximum absolute atomic E-state index is 13.7. The molecule has 2 aromatic rings. The van der Waals surface area contributed by atoms with Gasteiger partial charge in [0.15, 0.2) is 5.54 Å². The fourth-order valence-corrected chi connectivity index (χ4v) is 3.62. The average molecular weight is 470 g/mol. The number of ether oxygens (including phenoxy) is 3. The Morgan fingerprint density at radius 1 is 1.06 bits per heavy atom. The van der Waals surface area contributed by atoms with E-state index in [2.05, 4.69) is 6.58 Å². The van der Waals surface area contributed by atoms with Crippen molar-refractivity contribution in [2.45, 2.75) is 51.2 Å². The molecule has 0 bridgehead atoms. The molecule has 7 heteroatoms. The maximum Gasteiger partial charge on any atom is 0.413 e. The number of hydrogen-bond donors (Lipinski definition) is 1. The maximum atomic E-state index is 13.7. The van der Waals surface area contributed by atoms with Crippen molar-refractivity contribution in [2.75, 3.05) is 20.4 Å². The number of benzene rings is 2. The van der Waals surface area contributed by atoms with Crippen molar-refractivity contribution in [1.29, 1.82) is 0 Å². The van der Waals surface area contributed by atoms with E-state index in [0.29, 0.717) is 12.0 Å². The lowest BCUT2D eigenvalue weighted by atomic mass is 9.86. The highest BCUT2D eigenvalue weighted by Gasteiger charge is 2.48. The van der Waals surface area contributed by atoms with E-state index >= 15 is 0 Å². The minimum Gasteiger partial charge on any atom is -0.508 e. The molecule has 0 fully saturated rings. The molecule has 34 heavy (non-hydrogen) atoms. The van der Waals surface area contributed by atoms with E-state index in [1.54, 1.807) is 51.1 Å². The smallest absolute Gasteiger partial charge is 0.413 e. The van der Waals surface area contributed by atoms with Crippen LogP contribution in [-0.2, 0) is 31.8 Å². The molecule has 1 amide bonds. The Balaban J connectivity index is 2.41. The zero-order valence-corrected chi connectivity index (χ0v) is 20.5. The number of phenols is 1. The Kier molecular flexibility index (Phi) is 9.69. The molecule has 2 aromatic carbocycles. The van der Waals surface area contributed by atoms with Gasteiger partial charge in [0, 0.05) is 20.0 Å². The molecule has 0 aromatic heterocycles. The van der Waals surface area contributed by atoms with Crippen molar-refractivity contribution >= 4 is 12.1 Å². The second-order valence-corrected chi connectivity index (χ2v) is 9.03. The summed E-state index contributed by atoms with van der Waals surface area (Å²) in [4.78, 5) is 28.2. The van der Waals surface area contributed by atoms with E-state index in [1.165, 1.54) is 12.0 Å². The Morgan fingerprint density at radius 2 is 1.71 bits per heavy atom. The van der Waals surface area contributed by atoms with Gasteiger partial charge < -0.3 is 19.3 Å². The average Bonchev–Trinajstić information content (AvgIpc) is 2.78. The molecule has 0 aliphatic rings. The number of aromatic hydroxyl groups is 1. The molecule has 0 radical (unpaired) electrons. The van der Waals surface area contributed by atoms with Gasteiger partial charge in [0.2, 0.25) is 0 Å². The zero-order valence-electron chi connectivity index (χ0n) is 20.5. The Morgan fingerprint density at radius 3 is 2.29 bits per heavy atom. The number of esters is 1. The van der Waals surface area contributed by atoms with E-state index in [-0.39, 0.29) is 31.9 Å². The van der Waals surface area contributed by atoms with Crippen LogP contribution < -0.4 is 0 Å². The number of rotatable bonds is 11. The van der Waals surface area contributed by atoms with Gasteiger partial charge in [0.1, 0.15) is 18.1 Å². The highest BCUT2D eigenvalue weighted by molar-refractivity contribution is 5.86. The summed E-state index contributed by atoms with van der Waals surface area (Å²) in [5, 5.41) is 10.0. The molecule has 0 saturated heterocycles. The summed E-state index contributed by atoms with van der Waals surface area (Å²) in [6, 6.07) is 16.3. The molecule has 0 aliphatic heterocycles. The highest BCUT2D eigenvalue weighted by atomic mass is 16.6. The Bertz CT molecular complexity index is 953. The molecule has 0 unspecified atom stereocenters. The number of nitrogens with zero attached hydrogens (tertiary/aromatic N) is 1. The first-order valence-corrected chi connectivity index (χ1v) is 11.2. The van der Waals surface area contributed by atoms with Crippen LogP contribution in [0, 0.1) is 0 Å². The molecule has 184 valence electrons. The highest BCUT2D eigenvalue weighted by Crippen LogP contribution is 2.30.